The van der Waals surface area contributed by atoms with Crippen molar-refractivity contribution in [2.75, 3.05) is 11.5 Å². The summed E-state index contributed by atoms with van der Waals surface area (Å²) in [5, 5.41) is 2.57. The molecule has 3 atom stereocenters. The van der Waals surface area contributed by atoms with Gasteiger partial charge in [-0.05, 0) is 32.7 Å². The van der Waals surface area contributed by atoms with Gasteiger partial charge in [0.15, 0.2) is 11.7 Å². The first kappa shape index (κ1) is 31.4. The summed E-state index contributed by atoms with van der Waals surface area (Å²) >= 11 is 1.98. The Hall–Kier alpha value is -4.16. The van der Waals surface area contributed by atoms with Crippen molar-refractivity contribution in [3.63, 3.8) is 0 Å². The molecular formula is C42H41NO2SSi. The van der Waals surface area contributed by atoms with Crippen LogP contribution in [0.2, 0.25) is 0 Å². The number of thioether (sulfide) groups is 1. The van der Waals surface area contributed by atoms with Crippen molar-refractivity contribution >= 4 is 31.2 Å². The highest BCUT2D eigenvalue weighted by molar-refractivity contribution is 7.99. The van der Waals surface area contributed by atoms with E-state index in [9.17, 15) is 0 Å². The lowest BCUT2D eigenvalue weighted by Crippen LogP contribution is -2.47. The molecule has 1 saturated heterocycles. The van der Waals surface area contributed by atoms with E-state index < -0.39 is 9.04 Å². The molecule has 0 amide bonds. The summed E-state index contributed by atoms with van der Waals surface area (Å²) < 4.78 is 14.4. The molecule has 0 saturated carbocycles. The van der Waals surface area contributed by atoms with E-state index in [0.717, 1.165) is 40.0 Å². The van der Waals surface area contributed by atoms with Crippen LogP contribution in [-0.2, 0) is 9.84 Å². The molecule has 236 valence electrons. The van der Waals surface area contributed by atoms with Crippen molar-refractivity contribution < 1.29 is 8.84 Å². The monoisotopic (exact) mass is 651 g/mol. The molecule has 1 aliphatic heterocycles. The zero-order valence-electron chi connectivity index (χ0n) is 27.3. The molecule has 3 unspecified atom stereocenters. The second-order valence-corrected chi connectivity index (χ2v) is 16.8. The lowest BCUT2D eigenvalue weighted by atomic mass is 9.82. The summed E-state index contributed by atoms with van der Waals surface area (Å²) in [6.45, 7) is 6.85. The molecule has 1 fully saturated rings. The first-order valence-electron chi connectivity index (χ1n) is 16.5. The van der Waals surface area contributed by atoms with Crippen LogP contribution in [0, 0.1) is 5.92 Å². The number of oxazole rings is 1. The Morgan fingerprint density at radius 3 is 1.87 bits per heavy atom. The minimum atomic E-state index is -2.08. The average Bonchev–Trinajstić information content (AvgIpc) is 3.78. The Kier molecular flexibility index (Phi) is 9.30. The summed E-state index contributed by atoms with van der Waals surface area (Å²) in [4.78, 5) is 5.29. The summed E-state index contributed by atoms with van der Waals surface area (Å²) in [7, 11) is -2.08. The van der Waals surface area contributed by atoms with E-state index in [4.69, 9.17) is 13.8 Å². The molecule has 0 spiro atoms. The predicted octanol–water partition coefficient (Wildman–Crippen LogP) is 9.05. The Labute approximate surface area is 284 Å². The van der Waals surface area contributed by atoms with Crippen LogP contribution >= 0.6 is 11.8 Å². The minimum Gasteiger partial charge on any atom is -0.440 e. The van der Waals surface area contributed by atoms with E-state index in [-0.39, 0.29) is 23.4 Å². The topological polar surface area (TPSA) is 35.3 Å². The van der Waals surface area contributed by atoms with Gasteiger partial charge in [0.25, 0.3) is 0 Å². The number of benzene rings is 5. The fourth-order valence-corrected chi connectivity index (χ4v) is 10.5. The van der Waals surface area contributed by atoms with E-state index in [2.05, 4.69) is 154 Å². The first-order chi connectivity index (χ1) is 23.0. The molecule has 2 heterocycles. The van der Waals surface area contributed by atoms with Crippen LogP contribution in [0.15, 0.2) is 150 Å². The summed E-state index contributed by atoms with van der Waals surface area (Å²) in [5.74, 6) is 3.83. The van der Waals surface area contributed by atoms with Gasteiger partial charge in [0.1, 0.15) is 5.69 Å². The van der Waals surface area contributed by atoms with Gasteiger partial charge in [-0.1, -0.05) is 166 Å². The van der Waals surface area contributed by atoms with Crippen LogP contribution in [-0.4, -0.2) is 25.5 Å². The van der Waals surface area contributed by atoms with Gasteiger partial charge >= 0.3 is 0 Å². The zero-order chi connectivity index (χ0) is 32.2. The van der Waals surface area contributed by atoms with Crippen LogP contribution in [0.1, 0.15) is 49.8 Å². The van der Waals surface area contributed by atoms with Crippen molar-refractivity contribution in [3.8, 4) is 22.6 Å². The quantitative estimate of drug-likeness (QED) is 0.146. The lowest BCUT2D eigenvalue weighted by Gasteiger charge is -2.32. The van der Waals surface area contributed by atoms with Gasteiger partial charge in [-0.25, -0.2) is 4.98 Å². The molecule has 5 heteroatoms. The SMILES string of the molecule is CC(C)(C)c1cccc(C(O[SiH](c2ccccc2)c2ccccc2)C2CSCC2c2nc(-c3ccccc3)c(-c3ccccc3)o2)c1. The molecule has 5 aromatic carbocycles. The molecule has 0 N–H and O–H groups in total. The number of hydrogen-bond donors (Lipinski definition) is 0. The summed E-state index contributed by atoms with van der Waals surface area (Å²) in [5.41, 5.74) is 5.58. The van der Waals surface area contributed by atoms with Crippen LogP contribution < -0.4 is 10.4 Å². The Morgan fingerprint density at radius 1 is 0.702 bits per heavy atom. The van der Waals surface area contributed by atoms with Crippen LogP contribution in [0.25, 0.3) is 22.6 Å². The Balaban J connectivity index is 1.34. The average molecular weight is 652 g/mol. The highest BCUT2D eigenvalue weighted by Gasteiger charge is 2.41. The number of nitrogens with zero attached hydrogens (tertiary/aromatic N) is 1. The highest BCUT2D eigenvalue weighted by atomic mass is 32.2. The summed E-state index contributed by atoms with van der Waals surface area (Å²) in [6, 6.07) is 51.5. The predicted molar refractivity (Wildman–Crippen MR) is 199 cm³/mol. The Bertz CT molecular complexity index is 1790. The minimum absolute atomic E-state index is 0.0256. The summed E-state index contributed by atoms with van der Waals surface area (Å²) in [6.07, 6.45) is -0.123. The van der Waals surface area contributed by atoms with E-state index in [1.54, 1.807) is 0 Å². The van der Waals surface area contributed by atoms with Gasteiger partial charge in [-0.15, -0.1) is 0 Å². The molecular weight excluding hydrogens is 611 g/mol. The molecule has 47 heavy (non-hydrogen) atoms. The van der Waals surface area contributed by atoms with E-state index in [1.807, 2.05) is 23.9 Å². The maximum atomic E-state index is 7.57. The lowest BCUT2D eigenvalue weighted by molar-refractivity contribution is 0.135. The van der Waals surface area contributed by atoms with Crippen molar-refractivity contribution in [2.45, 2.75) is 38.2 Å². The number of rotatable bonds is 9. The molecule has 3 nitrogen and oxygen atoms in total. The normalized spacial score (nSPS) is 17.2. The number of hydrogen-bond acceptors (Lipinski definition) is 4. The molecule has 6 aromatic rings. The largest absolute Gasteiger partial charge is 0.440 e. The standard InChI is InChI=1S/C42H41NO2SSi/c1-42(2,3)33-22-16-21-32(27-33)39(45-47(34-23-12-6-13-24-34)35-25-14-7-15-26-35)36-28-46-29-37(36)41-43-38(30-17-8-4-9-18-30)40(44-41)31-19-10-5-11-20-31/h4-27,36-37,39,47H,28-29H2,1-3H3. The van der Waals surface area contributed by atoms with Gasteiger partial charge in [-0.3, -0.25) is 0 Å². The van der Waals surface area contributed by atoms with E-state index >= 15 is 0 Å². The van der Waals surface area contributed by atoms with Gasteiger partial charge < -0.3 is 8.84 Å². The third-order valence-corrected chi connectivity index (χ3v) is 12.9. The number of aromatic nitrogens is 1. The molecule has 1 aromatic heterocycles. The molecule has 1 aliphatic rings. The Morgan fingerprint density at radius 2 is 1.28 bits per heavy atom. The van der Waals surface area contributed by atoms with E-state index in [1.165, 1.54) is 21.5 Å². The second kappa shape index (κ2) is 13.9. The third-order valence-electron chi connectivity index (χ3n) is 9.13. The fourth-order valence-electron chi connectivity index (χ4n) is 6.56. The fraction of sp³-hybridized carbons (Fsp3) is 0.214. The smallest absolute Gasteiger partial charge is 0.240 e. The van der Waals surface area contributed by atoms with Crippen LogP contribution in [0.5, 0.6) is 0 Å². The third kappa shape index (κ3) is 6.94. The molecule has 7 rings (SSSR count). The van der Waals surface area contributed by atoms with Crippen molar-refractivity contribution in [1.29, 1.82) is 0 Å². The maximum Gasteiger partial charge on any atom is 0.240 e. The van der Waals surface area contributed by atoms with Gasteiger partial charge in [0.05, 0.1) is 12.0 Å². The zero-order valence-corrected chi connectivity index (χ0v) is 29.2. The maximum absolute atomic E-state index is 7.57. The van der Waals surface area contributed by atoms with E-state index in [0.29, 0.717) is 0 Å². The van der Waals surface area contributed by atoms with Crippen LogP contribution in [0.4, 0.5) is 0 Å². The first-order valence-corrected chi connectivity index (χ1v) is 19.3. The van der Waals surface area contributed by atoms with Crippen molar-refractivity contribution in [2.24, 2.45) is 5.92 Å². The van der Waals surface area contributed by atoms with Crippen LogP contribution in [0.3, 0.4) is 0 Å². The van der Waals surface area contributed by atoms with Gasteiger partial charge in [0.2, 0.25) is 9.04 Å². The van der Waals surface area contributed by atoms with Crippen molar-refractivity contribution in [1.82, 2.24) is 4.98 Å². The molecule has 0 radical (unpaired) electrons. The molecule has 0 bridgehead atoms. The molecule has 0 aliphatic carbocycles. The van der Waals surface area contributed by atoms with Crippen molar-refractivity contribution in [3.05, 3.63) is 163 Å². The highest BCUT2D eigenvalue weighted by Crippen LogP contribution is 2.48. The van der Waals surface area contributed by atoms with Gasteiger partial charge in [0, 0.05) is 22.8 Å². The van der Waals surface area contributed by atoms with Gasteiger partial charge in [-0.2, -0.15) is 11.8 Å². The second-order valence-electron chi connectivity index (χ2n) is 13.4.